The van der Waals surface area contributed by atoms with Crippen molar-refractivity contribution in [3.05, 3.63) is 36.0 Å². The molecule has 0 aromatic carbocycles. The van der Waals surface area contributed by atoms with E-state index in [2.05, 4.69) is 15.3 Å². The predicted octanol–water partition coefficient (Wildman–Crippen LogP) is 1.39. The van der Waals surface area contributed by atoms with E-state index in [0.717, 1.165) is 0 Å². The first-order valence-electron chi connectivity index (χ1n) is 5.11. The molecule has 7 heteroatoms. The molecule has 0 fully saturated rings. The van der Waals surface area contributed by atoms with E-state index in [1.165, 1.54) is 19.5 Å². The Balaban J connectivity index is 1.99. The minimum absolute atomic E-state index is 0.0907. The number of aromatic carboxylic acids is 1. The summed E-state index contributed by atoms with van der Waals surface area (Å²) in [7, 11) is 1.51. The number of furan rings is 1. The Morgan fingerprint density at radius 3 is 3.00 bits per heavy atom. The van der Waals surface area contributed by atoms with Crippen LogP contribution in [0.2, 0.25) is 0 Å². The van der Waals surface area contributed by atoms with Crippen LogP contribution >= 0.6 is 0 Å². The van der Waals surface area contributed by atoms with E-state index in [1.807, 2.05) is 0 Å². The second-order valence-electron chi connectivity index (χ2n) is 3.37. The smallest absolute Gasteiger partial charge is 0.371 e. The zero-order valence-corrected chi connectivity index (χ0v) is 9.58. The van der Waals surface area contributed by atoms with Gasteiger partial charge in [0.05, 0.1) is 13.7 Å². The Kier molecular flexibility index (Phi) is 3.42. The summed E-state index contributed by atoms with van der Waals surface area (Å²) >= 11 is 0. The van der Waals surface area contributed by atoms with Gasteiger partial charge in [0.1, 0.15) is 17.9 Å². The minimum atomic E-state index is -1.09. The lowest BCUT2D eigenvalue weighted by atomic mass is 10.4. The van der Waals surface area contributed by atoms with Crippen LogP contribution in [0, 0.1) is 0 Å². The van der Waals surface area contributed by atoms with Crippen LogP contribution in [0.25, 0.3) is 0 Å². The quantitative estimate of drug-likeness (QED) is 0.826. The molecular formula is C11H11N3O4. The molecule has 0 aliphatic carbocycles. The third kappa shape index (κ3) is 2.76. The average Bonchev–Trinajstić information content (AvgIpc) is 2.85. The first kappa shape index (κ1) is 11.9. The van der Waals surface area contributed by atoms with E-state index in [4.69, 9.17) is 14.3 Å². The monoisotopic (exact) mass is 249 g/mol. The fourth-order valence-electron chi connectivity index (χ4n) is 1.31. The topological polar surface area (TPSA) is 97.5 Å². The first-order valence-corrected chi connectivity index (χ1v) is 5.11. The Morgan fingerprint density at radius 1 is 1.50 bits per heavy atom. The van der Waals surface area contributed by atoms with Gasteiger partial charge >= 0.3 is 5.97 Å². The zero-order chi connectivity index (χ0) is 13.0. The standard InChI is InChI=1S/C11H11N3O4/c1-17-10-4-9(13-6-14-10)12-5-7-2-3-8(18-7)11(15)16/h2-4,6H,5H2,1H3,(H,15,16)(H,12,13,14). The molecule has 94 valence electrons. The van der Waals surface area contributed by atoms with Gasteiger partial charge in [-0.1, -0.05) is 0 Å². The van der Waals surface area contributed by atoms with Crippen LogP contribution in [0.1, 0.15) is 16.3 Å². The number of ether oxygens (including phenoxy) is 1. The summed E-state index contributed by atoms with van der Waals surface area (Å²) in [5.41, 5.74) is 0. The first-order chi connectivity index (χ1) is 8.69. The van der Waals surface area contributed by atoms with Crippen molar-refractivity contribution in [2.75, 3.05) is 12.4 Å². The predicted molar refractivity (Wildman–Crippen MR) is 61.6 cm³/mol. The number of carboxylic acid groups (broad SMARTS) is 1. The summed E-state index contributed by atoms with van der Waals surface area (Å²) in [6.07, 6.45) is 1.37. The lowest BCUT2D eigenvalue weighted by Crippen LogP contribution is -2.01. The van der Waals surface area contributed by atoms with Gasteiger partial charge in [0, 0.05) is 6.07 Å². The maximum atomic E-state index is 10.6. The molecule has 2 aromatic heterocycles. The highest BCUT2D eigenvalue weighted by Crippen LogP contribution is 2.13. The van der Waals surface area contributed by atoms with Gasteiger partial charge in [-0.2, -0.15) is 0 Å². The van der Waals surface area contributed by atoms with Gasteiger partial charge in [0.25, 0.3) is 0 Å². The molecule has 7 nitrogen and oxygen atoms in total. The number of anilines is 1. The summed E-state index contributed by atoms with van der Waals surface area (Å²) in [4.78, 5) is 18.5. The third-order valence-electron chi connectivity index (χ3n) is 2.17. The number of nitrogens with zero attached hydrogens (tertiary/aromatic N) is 2. The number of rotatable bonds is 5. The van der Waals surface area contributed by atoms with Crippen LogP contribution in [0.15, 0.2) is 28.9 Å². The van der Waals surface area contributed by atoms with Crippen molar-refractivity contribution < 1.29 is 19.1 Å². The van der Waals surface area contributed by atoms with E-state index in [-0.39, 0.29) is 5.76 Å². The lowest BCUT2D eigenvalue weighted by molar-refractivity contribution is 0.0660. The van der Waals surface area contributed by atoms with Crippen LogP contribution in [0.4, 0.5) is 5.82 Å². The highest BCUT2D eigenvalue weighted by molar-refractivity contribution is 5.84. The van der Waals surface area contributed by atoms with Crippen LogP contribution in [0.5, 0.6) is 5.88 Å². The summed E-state index contributed by atoms with van der Waals surface area (Å²) in [6.45, 7) is 0.327. The number of carboxylic acids is 1. The van der Waals surface area contributed by atoms with E-state index >= 15 is 0 Å². The van der Waals surface area contributed by atoms with Crippen molar-refractivity contribution in [2.45, 2.75) is 6.54 Å². The molecule has 2 aromatic rings. The molecule has 2 N–H and O–H groups in total. The lowest BCUT2D eigenvalue weighted by Gasteiger charge is -2.04. The van der Waals surface area contributed by atoms with Gasteiger partial charge in [0.15, 0.2) is 0 Å². The van der Waals surface area contributed by atoms with Gasteiger partial charge in [-0.3, -0.25) is 0 Å². The van der Waals surface area contributed by atoms with Gasteiger partial charge in [-0.15, -0.1) is 0 Å². The van der Waals surface area contributed by atoms with E-state index < -0.39 is 5.97 Å². The third-order valence-corrected chi connectivity index (χ3v) is 2.17. The molecule has 0 unspecified atom stereocenters. The van der Waals surface area contributed by atoms with Crippen molar-refractivity contribution in [1.29, 1.82) is 0 Å². The van der Waals surface area contributed by atoms with Gasteiger partial charge < -0.3 is 19.6 Å². The van der Waals surface area contributed by atoms with E-state index in [0.29, 0.717) is 24.0 Å². The molecule has 0 bridgehead atoms. The second kappa shape index (κ2) is 5.17. The number of hydrogen-bond donors (Lipinski definition) is 2. The van der Waals surface area contributed by atoms with Gasteiger partial charge in [-0.05, 0) is 12.1 Å². The minimum Gasteiger partial charge on any atom is -0.481 e. The summed E-state index contributed by atoms with van der Waals surface area (Å²) in [5.74, 6) is 0.329. The summed E-state index contributed by atoms with van der Waals surface area (Å²) in [5, 5.41) is 11.7. The molecule has 0 atom stereocenters. The molecule has 0 saturated heterocycles. The molecular weight excluding hydrogens is 238 g/mol. The fourth-order valence-corrected chi connectivity index (χ4v) is 1.31. The van der Waals surface area contributed by atoms with E-state index in [9.17, 15) is 4.79 Å². The van der Waals surface area contributed by atoms with Crippen LogP contribution in [-0.2, 0) is 6.54 Å². The molecule has 18 heavy (non-hydrogen) atoms. The molecule has 0 aliphatic heterocycles. The molecule has 2 rings (SSSR count). The Bertz CT molecular complexity index is 553. The van der Waals surface area contributed by atoms with Crippen LogP contribution in [0.3, 0.4) is 0 Å². The number of hydrogen-bond acceptors (Lipinski definition) is 6. The van der Waals surface area contributed by atoms with Crippen molar-refractivity contribution in [3.63, 3.8) is 0 Å². The SMILES string of the molecule is COc1cc(NCc2ccc(C(=O)O)o2)ncn1. The van der Waals surface area contributed by atoms with Crippen molar-refractivity contribution in [1.82, 2.24) is 9.97 Å². The fraction of sp³-hybridized carbons (Fsp3) is 0.182. The zero-order valence-electron chi connectivity index (χ0n) is 9.58. The molecule has 0 amide bonds. The van der Waals surface area contributed by atoms with Crippen molar-refractivity contribution in [2.24, 2.45) is 0 Å². The maximum Gasteiger partial charge on any atom is 0.371 e. The van der Waals surface area contributed by atoms with Gasteiger partial charge in [0.2, 0.25) is 11.6 Å². The summed E-state index contributed by atoms with van der Waals surface area (Å²) in [6, 6.07) is 4.62. The molecule has 0 saturated carbocycles. The van der Waals surface area contributed by atoms with Crippen LogP contribution < -0.4 is 10.1 Å². The molecule has 2 heterocycles. The Hall–Kier alpha value is -2.57. The number of nitrogens with one attached hydrogen (secondary N) is 1. The second-order valence-corrected chi connectivity index (χ2v) is 3.37. The van der Waals surface area contributed by atoms with E-state index in [1.54, 1.807) is 12.1 Å². The number of aromatic nitrogens is 2. The highest BCUT2D eigenvalue weighted by atomic mass is 16.5. The maximum absolute atomic E-state index is 10.6. The molecule has 0 aliphatic rings. The molecule has 0 radical (unpaired) electrons. The normalized spacial score (nSPS) is 10.1. The Labute approximate surface area is 102 Å². The summed E-state index contributed by atoms with van der Waals surface area (Å²) < 4.78 is 10.0. The van der Waals surface area contributed by atoms with Crippen LogP contribution in [-0.4, -0.2) is 28.2 Å². The molecule has 0 spiro atoms. The number of methoxy groups -OCH3 is 1. The number of carbonyl (C=O) groups is 1. The average molecular weight is 249 g/mol. The Morgan fingerprint density at radius 2 is 2.33 bits per heavy atom. The largest absolute Gasteiger partial charge is 0.481 e. The van der Waals surface area contributed by atoms with Gasteiger partial charge in [-0.25, -0.2) is 14.8 Å². The highest BCUT2D eigenvalue weighted by Gasteiger charge is 2.08. The van der Waals surface area contributed by atoms with Crippen molar-refractivity contribution in [3.8, 4) is 5.88 Å². The van der Waals surface area contributed by atoms with Crippen molar-refractivity contribution >= 4 is 11.8 Å².